The molecule has 45 heavy (non-hydrogen) atoms. The van der Waals surface area contributed by atoms with Gasteiger partial charge in [0.15, 0.2) is 5.75 Å². The quantitative estimate of drug-likeness (QED) is 0.246. The van der Waals surface area contributed by atoms with E-state index in [2.05, 4.69) is 17.2 Å². The van der Waals surface area contributed by atoms with Crippen LogP contribution in [0.15, 0.2) is 55.1 Å². The molecule has 2 aromatic carbocycles. The van der Waals surface area contributed by atoms with Crippen LogP contribution in [-0.2, 0) is 35.3 Å². The van der Waals surface area contributed by atoms with Gasteiger partial charge in [-0.15, -0.1) is 0 Å². The summed E-state index contributed by atoms with van der Waals surface area (Å²) in [6.45, 7) is 5.32. The minimum absolute atomic E-state index is 0.00407. The fraction of sp³-hybridized carbons (Fsp3) is 0.387. The number of ether oxygens (including phenoxy) is 3. The third-order valence-electron chi connectivity index (χ3n) is 6.98. The van der Waals surface area contributed by atoms with Gasteiger partial charge in [0.25, 0.3) is 11.8 Å². The van der Waals surface area contributed by atoms with Gasteiger partial charge in [0.2, 0.25) is 18.1 Å². The molecule has 0 aliphatic carbocycles. The third kappa shape index (κ3) is 8.74. The number of carbonyl (C=O) groups is 5. The number of amides is 4. The van der Waals surface area contributed by atoms with Gasteiger partial charge in [-0.25, -0.2) is 5.01 Å². The highest BCUT2D eigenvalue weighted by Gasteiger charge is 2.40. The Hall–Kier alpha value is -4.13. The van der Waals surface area contributed by atoms with Crippen molar-refractivity contribution in [1.82, 2.24) is 20.7 Å². The molecule has 2 heterocycles. The number of benzene rings is 2. The topological polar surface area (TPSA) is 144 Å². The van der Waals surface area contributed by atoms with Crippen molar-refractivity contribution in [3.8, 4) is 5.75 Å². The van der Waals surface area contributed by atoms with Gasteiger partial charge in [-0.2, -0.15) is 0 Å². The SMILES string of the molecule is C=CCOc1c(Cl)cc(C(=O)NC2CCC(=O)N(CCC)N(CC(=O)NC3CC(=O)OC3OCc3ccccc3)C2=O)cc1Cl. The van der Waals surface area contributed by atoms with E-state index in [1.165, 1.54) is 23.2 Å². The predicted molar refractivity (Wildman–Crippen MR) is 164 cm³/mol. The fourth-order valence-corrected chi connectivity index (χ4v) is 5.46. The van der Waals surface area contributed by atoms with Gasteiger partial charge in [-0.05, 0) is 30.5 Å². The lowest BCUT2D eigenvalue weighted by atomic mass is 10.1. The highest BCUT2D eigenvalue weighted by molar-refractivity contribution is 6.37. The minimum Gasteiger partial charge on any atom is -0.486 e. The van der Waals surface area contributed by atoms with E-state index in [0.29, 0.717) is 6.42 Å². The summed E-state index contributed by atoms with van der Waals surface area (Å²) in [5, 5.41) is 7.77. The van der Waals surface area contributed by atoms with E-state index < -0.39 is 48.6 Å². The van der Waals surface area contributed by atoms with Crippen molar-refractivity contribution in [3.05, 3.63) is 76.3 Å². The van der Waals surface area contributed by atoms with Gasteiger partial charge >= 0.3 is 5.97 Å². The second-order valence-electron chi connectivity index (χ2n) is 10.4. The van der Waals surface area contributed by atoms with E-state index >= 15 is 0 Å². The van der Waals surface area contributed by atoms with E-state index in [4.69, 9.17) is 37.4 Å². The fourth-order valence-electron chi connectivity index (χ4n) is 4.87. The highest BCUT2D eigenvalue weighted by atomic mass is 35.5. The van der Waals surface area contributed by atoms with Crippen LogP contribution in [0, 0.1) is 0 Å². The average Bonchev–Trinajstić information content (AvgIpc) is 3.32. The van der Waals surface area contributed by atoms with Gasteiger partial charge in [0.05, 0.1) is 23.1 Å². The second kappa shape index (κ2) is 15.7. The molecule has 2 saturated heterocycles. The number of hydrogen-bond acceptors (Lipinski definition) is 8. The zero-order valence-corrected chi connectivity index (χ0v) is 26.1. The van der Waals surface area contributed by atoms with Crippen LogP contribution in [0.2, 0.25) is 10.0 Å². The van der Waals surface area contributed by atoms with Crippen LogP contribution in [0.1, 0.15) is 48.5 Å². The largest absolute Gasteiger partial charge is 0.486 e. The standard InChI is InChI=1S/C31H34Cl2N4O8/c1-3-12-36-26(39)11-10-23(35-29(41)20-14-21(32)28(22(33)15-20)43-13-4-2)30(42)37(36)17-25(38)34-24-16-27(40)45-31(24)44-18-19-8-6-5-7-9-19/h4-9,14-15,23-24,31H,2-3,10-13,16-18H2,1H3,(H,34,38)(H,35,41). The Balaban J connectivity index is 1.46. The van der Waals surface area contributed by atoms with E-state index in [0.717, 1.165) is 10.6 Å². The van der Waals surface area contributed by atoms with Gasteiger partial charge in [0.1, 0.15) is 25.2 Å². The lowest BCUT2D eigenvalue weighted by Crippen LogP contribution is -2.57. The number of cyclic esters (lactones) is 1. The van der Waals surface area contributed by atoms with Crippen molar-refractivity contribution < 1.29 is 38.2 Å². The molecule has 3 atom stereocenters. The maximum absolute atomic E-state index is 13.8. The summed E-state index contributed by atoms with van der Waals surface area (Å²) < 4.78 is 16.4. The Bertz CT molecular complexity index is 1420. The Kier molecular flexibility index (Phi) is 11.8. The molecule has 2 fully saturated rings. The molecule has 2 N–H and O–H groups in total. The first-order valence-corrected chi connectivity index (χ1v) is 15.2. The Morgan fingerprint density at radius 2 is 1.80 bits per heavy atom. The normalized spacial score (nSPS) is 20.0. The van der Waals surface area contributed by atoms with Crippen LogP contribution < -0.4 is 15.4 Å². The van der Waals surface area contributed by atoms with Crippen LogP contribution in [-0.4, -0.2) is 77.7 Å². The predicted octanol–water partition coefficient (Wildman–Crippen LogP) is 3.41. The van der Waals surface area contributed by atoms with Crippen LogP contribution >= 0.6 is 23.2 Å². The monoisotopic (exact) mass is 660 g/mol. The Labute approximate surface area is 270 Å². The second-order valence-corrected chi connectivity index (χ2v) is 11.2. The zero-order valence-electron chi connectivity index (χ0n) is 24.6. The highest BCUT2D eigenvalue weighted by Crippen LogP contribution is 2.34. The lowest BCUT2D eigenvalue weighted by Gasteiger charge is -2.34. The molecule has 240 valence electrons. The number of nitrogens with one attached hydrogen (secondary N) is 2. The molecule has 4 rings (SSSR count). The van der Waals surface area contributed by atoms with E-state index in [9.17, 15) is 24.0 Å². The Morgan fingerprint density at radius 3 is 2.47 bits per heavy atom. The summed E-state index contributed by atoms with van der Waals surface area (Å²) in [6.07, 6.45) is 0.812. The lowest BCUT2D eigenvalue weighted by molar-refractivity contribution is -0.169. The summed E-state index contributed by atoms with van der Waals surface area (Å²) in [7, 11) is 0. The van der Waals surface area contributed by atoms with Gasteiger partial charge in [0, 0.05) is 18.5 Å². The summed E-state index contributed by atoms with van der Waals surface area (Å²) in [6, 6.07) is 10.00. The molecule has 0 radical (unpaired) electrons. The molecule has 12 nitrogen and oxygen atoms in total. The number of esters is 1. The van der Waals surface area contributed by atoms with Gasteiger partial charge in [-0.1, -0.05) is 73.1 Å². The van der Waals surface area contributed by atoms with E-state index in [1.54, 1.807) is 0 Å². The van der Waals surface area contributed by atoms with Crippen molar-refractivity contribution in [2.45, 2.75) is 57.6 Å². The van der Waals surface area contributed by atoms with Gasteiger partial charge < -0.3 is 24.8 Å². The molecule has 0 aromatic heterocycles. The number of hydrazine groups is 1. The molecule has 0 bridgehead atoms. The molecular weight excluding hydrogens is 627 g/mol. The van der Waals surface area contributed by atoms with Crippen LogP contribution in [0.5, 0.6) is 5.75 Å². The summed E-state index contributed by atoms with van der Waals surface area (Å²) in [5.74, 6) is -2.71. The molecule has 4 amide bonds. The smallest absolute Gasteiger partial charge is 0.310 e. The van der Waals surface area contributed by atoms with Crippen molar-refractivity contribution in [2.75, 3.05) is 19.7 Å². The van der Waals surface area contributed by atoms with Crippen molar-refractivity contribution >= 4 is 52.8 Å². The molecule has 0 saturated carbocycles. The molecule has 2 aliphatic rings. The third-order valence-corrected chi connectivity index (χ3v) is 7.55. The maximum atomic E-state index is 13.8. The number of carbonyl (C=O) groups excluding carboxylic acids is 5. The number of rotatable bonds is 13. The van der Waals surface area contributed by atoms with Crippen molar-refractivity contribution in [2.24, 2.45) is 0 Å². The van der Waals surface area contributed by atoms with Crippen LogP contribution in [0.25, 0.3) is 0 Å². The molecule has 0 spiro atoms. The number of halogens is 2. The molecule has 2 aromatic rings. The number of nitrogens with zero attached hydrogens (tertiary/aromatic N) is 2. The average molecular weight is 662 g/mol. The maximum Gasteiger partial charge on any atom is 0.310 e. The van der Waals surface area contributed by atoms with E-state index in [1.807, 2.05) is 37.3 Å². The summed E-state index contributed by atoms with van der Waals surface area (Å²) >= 11 is 12.5. The molecule has 3 unspecified atom stereocenters. The van der Waals surface area contributed by atoms with Crippen LogP contribution in [0.4, 0.5) is 0 Å². The molecule has 2 aliphatic heterocycles. The first-order chi connectivity index (χ1) is 21.6. The van der Waals surface area contributed by atoms with Gasteiger partial charge in [-0.3, -0.25) is 29.0 Å². The van der Waals surface area contributed by atoms with E-state index in [-0.39, 0.29) is 66.3 Å². The zero-order chi connectivity index (χ0) is 32.5. The first kappa shape index (κ1) is 33.8. The van der Waals surface area contributed by atoms with Crippen LogP contribution in [0.3, 0.4) is 0 Å². The van der Waals surface area contributed by atoms with Crippen molar-refractivity contribution in [3.63, 3.8) is 0 Å². The minimum atomic E-state index is -1.14. The Morgan fingerprint density at radius 1 is 1.09 bits per heavy atom. The molecule has 14 heteroatoms. The summed E-state index contributed by atoms with van der Waals surface area (Å²) in [5.41, 5.74) is 0.922. The summed E-state index contributed by atoms with van der Waals surface area (Å²) in [4.78, 5) is 65.3. The molecular formula is C31H34Cl2N4O8. The van der Waals surface area contributed by atoms with Crippen molar-refractivity contribution in [1.29, 1.82) is 0 Å². The number of hydrogen-bond donors (Lipinski definition) is 2. The first-order valence-electron chi connectivity index (χ1n) is 14.4.